The van der Waals surface area contributed by atoms with Gasteiger partial charge in [0.2, 0.25) is 11.8 Å². The van der Waals surface area contributed by atoms with Gasteiger partial charge in [0.15, 0.2) is 0 Å². The number of aliphatic carboxylic acids is 1. The van der Waals surface area contributed by atoms with E-state index < -0.39 is 17.9 Å². The van der Waals surface area contributed by atoms with Crippen molar-refractivity contribution in [1.82, 2.24) is 4.90 Å². The van der Waals surface area contributed by atoms with Crippen LogP contribution in [0.25, 0.3) is 0 Å². The summed E-state index contributed by atoms with van der Waals surface area (Å²) in [7, 11) is 0. The lowest BCUT2D eigenvalue weighted by atomic mass is 10.1. The lowest BCUT2D eigenvalue weighted by molar-refractivity contribution is -0.150. The molecule has 6 nitrogen and oxygen atoms in total. The van der Waals surface area contributed by atoms with E-state index in [1.807, 2.05) is 6.92 Å². The first-order valence-electron chi connectivity index (χ1n) is 5.74. The molecule has 0 aromatic heterocycles. The molecule has 98 valence electrons. The number of nitrogens with two attached hydrogens (primary N) is 1. The Morgan fingerprint density at radius 3 is 2.18 bits per heavy atom. The monoisotopic (exact) mass is 244 g/mol. The van der Waals surface area contributed by atoms with Crippen LogP contribution in [-0.2, 0) is 14.4 Å². The van der Waals surface area contributed by atoms with Crippen LogP contribution < -0.4 is 5.73 Å². The number of hydrogen-bond donors (Lipinski definition) is 2. The molecule has 0 saturated heterocycles. The average molecular weight is 244 g/mol. The SMILES string of the molecule is CCCC(=O)N(CC)[C@@H](CCC(N)=O)C(=O)O. The summed E-state index contributed by atoms with van der Waals surface area (Å²) in [6, 6.07) is -0.966. The van der Waals surface area contributed by atoms with Gasteiger partial charge in [-0.05, 0) is 19.8 Å². The Balaban J connectivity index is 4.68. The summed E-state index contributed by atoms with van der Waals surface area (Å²) in [5.41, 5.74) is 4.98. The highest BCUT2D eigenvalue weighted by Gasteiger charge is 2.27. The van der Waals surface area contributed by atoms with Gasteiger partial charge < -0.3 is 15.7 Å². The quantitative estimate of drug-likeness (QED) is 0.643. The molecule has 0 unspecified atom stereocenters. The summed E-state index contributed by atoms with van der Waals surface area (Å²) in [4.78, 5) is 34.7. The Bertz CT molecular complexity index is 291. The number of primary amides is 1. The minimum absolute atomic E-state index is 0.0348. The normalized spacial score (nSPS) is 11.9. The van der Waals surface area contributed by atoms with Crippen LogP contribution in [0.15, 0.2) is 0 Å². The predicted octanol–water partition coefficient (Wildman–Crippen LogP) is 0.354. The Morgan fingerprint density at radius 2 is 1.82 bits per heavy atom. The van der Waals surface area contributed by atoms with Crippen LogP contribution in [-0.4, -0.2) is 40.4 Å². The topological polar surface area (TPSA) is 101 Å². The van der Waals surface area contributed by atoms with Gasteiger partial charge in [0.05, 0.1) is 0 Å². The number of rotatable bonds is 8. The lowest BCUT2D eigenvalue weighted by Crippen LogP contribution is -2.45. The molecule has 0 aliphatic rings. The van der Waals surface area contributed by atoms with Crippen LogP contribution in [0.4, 0.5) is 0 Å². The Labute approximate surface area is 101 Å². The number of carbonyl (C=O) groups excluding carboxylic acids is 2. The number of carbonyl (C=O) groups is 3. The molecule has 1 atom stereocenters. The summed E-state index contributed by atoms with van der Waals surface area (Å²) < 4.78 is 0. The molecule has 0 heterocycles. The number of likely N-dealkylation sites (N-methyl/N-ethyl adjacent to an activating group) is 1. The van der Waals surface area contributed by atoms with Gasteiger partial charge in [0, 0.05) is 19.4 Å². The Morgan fingerprint density at radius 1 is 1.24 bits per heavy atom. The van der Waals surface area contributed by atoms with Crippen molar-refractivity contribution in [3.05, 3.63) is 0 Å². The number of nitrogens with zero attached hydrogens (tertiary/aromatic N) is 1. The van der Waals surface area contributed by atoms with E-state index in [4.69, 9.17) is 10.8 Å². The molecule has 0 aromatic carbocycles. The Hall–Kier alpha value is -1.59. The summed E-state index contributed by atoms with van der Waals surface area (Å²) in [5.74, 6) is -1.86. The molecular weight excluding hydrogens is 224 g/mol. The third-order valence-electron chi connectivity index (χ3n) is 2.45. The van der Waals surface area contributed by atoms with Gasteiger partial charge in [-0.1, -0.05) is 6.92 Å². The number of amides is 2. The van der Waals surface area contributed by atoms with Crippen LogP contribution >= 0.6 is 0 Å². The summed E-state index contributed by atoms with van der Waals surface area (Å²) >= 11 is 0. The molecule has 2 amide bonds. The van der Waals surface area contributed by atoms with Gasteiger partial charge in [-0.15, -0.1) is 0 Å². The highest BCUT2D eigenvalue weighted by molar-refractivity contribution is 5.84. The number of carboxylic acids is 1. The van der Waals surface area contributed by atoms with Gasteiger partial charge in [-0.3, -0.25) is 9.59 Å². The zero-order chi connectivity index (χ0) is 13.4. The van der Waals surface area contributed by atoms with E-state index in [0.717, 1.165) is 0 Å². The van der Waals surface area contributed by atoms with Crippen molar-refractivity contribution in [2.24, 2.45) is 5.73 Å². The van der Waals surface area contributed by atoms with Gasteiger partial charge in [0.1, 0.15) is 6.04 Å². The van der Waals surface area contributed by atoms with Crippen molar-refractivity contribution in [3.8, 4) is 0 Å². The maximum absolute atomic E-state index is 11.7. The molecule has 3 N–H and O–H groups in total. The highest BCUT2D eigenvalue weighted by atomic mass is 16.4. The van der Waals surface area contributed by atoms with Crippen LogP contribution in [0.3, 0.4) is 0 Å². The zero-order valence-corrected chi connectivity index (χ0v) is 10.3. The van der Waals surface area contributed by atoms with E-state index in [0.29, 0.717) is 19.4 Å². The highest BCUT2D eigenvalue weighted by Crippen LogP contribution is 2.10. The smallest absolute Gasteiger partial charge is 0.326 e. The second-order valence-corrected chi connectivity index (χ2v) is 3.79. The lowest BCUT2D eigenvalue weighted by Gasteiger charge is -2.27. The third-order valence-corrected chi connectivity index (χ3v) is 2.45. The second-order valence-electron chi connectivity index (χ2n) is 3.79. The van der Waals surface area contributed by atoms with E-state index >= 15 is 0 Å². The molecule has 0 radical (unpaired) electrons. The van der Waals surface area contributed by atoms with Gasteiger partial charge in [-0.2, -0.15) is 0 Å². The summed E-state index contributed by atoms with van der Waals surface area (Å²) in [6.45, 7) is 3.88. The maximum Gasteiger partial charge on any atom is 0.326 e. The minimum Gasteiger partial charge on any atom is -0.480 e. The van der Waals surface area contributed by atoms with Crippen molar-refractivity contribution < 1.29 is 19.5 Å². The first-order valence-corrected chi connectivity index (χ1v) is 5.74. The van der Waals surface area contributed by atoms with Gasteiger partial charge in [0.25, 0.3) is 0 Å². The third kappa shape index (κ3) is 5.33. The first kappa shape index (κ1) is 15.4. The minimum atomic E-state index is -1.10. The van der Waals surface area contributed by atoms with Crippen molar-refractivity contribution in [3.63, 3.8) is 0 Å². The van der Waals surface area contributed by atoms with E-state index in [1.54, 1.807) is 6.92 Å². The molecule has 0 aromatic rings. The molecule has 0 aliphatic carbocycles. The van der Waals surface area contributed by atoms with E-state index in [2.05, 4.69) is 0 Å². The largest absolute Gasteiger partial charge is 0.480 e. The van der Waals surface area contributed by atoms with Gasteiger partial charge in [-0.25, -0.2) is 4.79 Å². The van der Waals surface area contributed by atoms with E-state index in [9.17, 15) is 14.4 Å². The van der Waals surface area contributed by atoms with Crippen molar-refractivity contribution in [1.29, 1.82) is 0 Å². The molecule has 17 heavy (non-hydrogen) atoms. The number of carboxylic acid groups (broad SMARTS) is 1. The fraction of sp³-hybridized carbons (Fsp3) is 0.727. The average Bonchev–Trinajstić information content (AvgIpc) is 2.23. The van der Waals surface area contributed by atoms with E-state index in [1.165, 1.54) is 4.90 Å². The maximum atomic E-state index is 11.7. The molecule has 0 spiro atoms. The van der Waals surface area contributed by atoms with Crippen LogP contribution in [0.2, 0.25) is 0 Å². The number of hydrogen-bond acceptors (Lipinski definition) is 3. The molecule has 0 aliphatic heterocycles. The molecule has 0 bridgehead atoms. The summed E-state index contributed by atoms with van der Waals surface area (Å²) in [6.07, 6.45) is 1.01. The molecule has 6 heteroatoms. The van der Waals surface area contributed by atoms with Crippen molar-refractivity contribution in [2.45, 2.75) is 45.6 Å². The zero-order valence-electron chi connectivity index (χ0n) is 10.3. The second kappa shape index (κ2) is 7.65. The van der Waals surface area contributed by atoms with Crippen molar-refractivity contribution in [2.75, 3.05) is 6.54 Å². The van der Waals surface area contributed by atoms with E-state index in [-0.39, 0.29) is 18.7 Å². The fourth-order valence-electron chi connectivity index (χ4n) is 1.62. The Kier molecular flexibility index (Phi) is 6.93. The van der Waals surface area contributed by atoms with Crippen LogP contribution in [0.1, 0.15) is 39.5 Å². The fourth-order valence-corrected chi connectivity index (χ4v) is 1.62. The predicted molar refractivity (Wildman–Crippen MR) is 62.1 cm³/mol. The van der Waals surface area contributed by atoms with Crippen LogP contribution in [0.5, 0.6) is 0 Å². The molecule has 0 saturated carbocycles. The van der Waals surface area contributed by atoms with Crippen LogP contribution in [0, 0.1) is 0 Å². The molecule has 0 fully saturated rings. The standard InChI is InChI=1S/C11H20N2O4/c1-3-5-10(15)13(4-2)8(11(16)17)6-7-9(12)14/h8H,3-7H2,1-2H3,(H2,12,14)(H,16,17)/t8-/m0/s1. The molecular formula is C11H20N2O4. The summed E-state index contributed by atoms with van der Waals surface area (Å²) in [5, 5.41) is 9.06. The van der Waals surface area contributed by atoms with Crippen molar-refractivity contribution >= 4 is 17.8 Å². The van der Waals surface area contributed by atoms with Gasteiger partial charge >= 0.3 is 5.97 Å². The first-order chi connectivity index (χ1) is 7.93. The molecule has 0 rings (SSSR count).